The van der Waals surface area contributed by atoms with Crippen LogP contribution in [0.25, 0.3) is 0 Å². The van der Waals surface area contributed by atoms with Crippen molar-refractivity contribution in [3.8, 4) is 0 Å². The summed E-state index contributed by atoms with van der Waals surface area (Å²) < 4.78 is 10.6. The Morgan fingerprint density at radius 3 is 2.80 bits per heavy atom. The second-order valence-corrected chi connectivity index (χ2v) is 5.25. The fourth-order valence-electron chi connectivity index (χ4n) is 2.92. The summed E-state index contributed by atoms with van der Waals surface area (Å²) >= 11 is 0. The molecular weight excluding hydrogens is 264 g/mol. The van der Waals surface area contributed by atoms with Crippen LogP contribution in [0.5, 0.6) is 0 Å². The molecule has 2 fully saturated rings. The molecule has 7 nitrogen and oxygen atoms in total. The molecule has 0 aliphatic carbocycles. The Morgan fingerprint density at radius 1 is 1.45 bits per heavy atom. The number of amides is 1. The molecule has 0 aromatic carbocycles. The van der Waals surface area contributed by atoms with Gasteiger partial charge >= 0.3 is 5.97 Å². The smallest absolute Gasteiger partial charge is 0.326 e. The molecule has 2 heterocycles. The average Bonchev–Trinajstić information content (AvgIpc) is 3.04. The first-order valence-electron chi connectivity index (χ1n) is 6.95. The number of nitrogens with zero attached hydrogens (tertiary/aromatic N) is 1. The lowest BCUT2D eigenvalue weighted by molar-refractivity contribution is -0.150. The average molecular weight is 286 g/mol. The number of hydrogen-bond acceptors (Lipinski definition) is 5. The first kappa shape index (κ1) is 15.2. The highest BCUT2D eigenvalue weighted by molar-refractivity contribution is 5.86. The molecular formula is C13H22N2O5. The molecule has 2 rings (SSSR count). The molecule has 114 valence electrons. The van der Waals surface area contributed by atoms with Crippen LogP contribution >= 0.6 is 0 Å². The topological polar surface area (TPSA) is 88.1 Å². The van der Waals surface area contributed by atoms with Crippen LogP contribution in [-0.2, 0) is 19.1 Å². The SMILES string of the molecule is CCNC1COCC1C(=O)N1CC(OC)CC1C(=O)O. The van der Waals surface area contributed by atoms with E-state index in [1.165, 1.54) is 12.0 Å². The second kappa shape index (κ2) is 6.51. The van der Waals surface area contributed by atoms with E-state index in [4.69, 9.17) is 9.47 Å². The number of carboxylic acids is 1. The van der Waals surface area contributed by atoms with Gasteiger partial charge in [0.25, 0.3) is 0 Å². The minimum Gasteiger partial charge on any atom is -0.480 e. The summed E-state index contributed by atoms with van der Waals surface area (Å²) in [5, 5.41) is 12.5. The Morgan fingerprint density at radius 2 is 2.20 bits per heavy atom. The van der Waals surface area contributed by atoms with E-state index >= 15 is 0 Å². The first-order chi connectivity index (χ1) is 9.58. The number of aliphatic carboxylic acids is 1. The molecule has 0 aromatic heterocycles. The van der Waals surface area contributed by atoms with Crippen LogP contribution in [0.1, 0.15) is 13.3 Å². The molecule has 1 amide bonds. The maximum Gasteiger partial charge on any atom is 0.326 e. The van der Waals surface area contributed by atoms with Crippen molar-refractivity contribution in [1.29, 1.82) is 0 Å². The third kappa shape index (κ3) is 2.94. The molecule has 2 N–H and O–H groups in total. The Kier molecular flexibility index (Phi) is 4.95. The number of methoxy groups -OCH3 is 1. The highest BCUT2D eigenvalue weighted by Gasteiger charge is 2.44. The molecule has 0 saturated carbocycles. The molecule has 0 aromatic rings. The molecule has 2 aliphatic heterocycles. The number of nitrogens with one attached hydrogen (secondary N) is 1. The summed E-state index contributed by atoms with van der Waals surface area (Å²) in [6.45, 7) is 3.89. The summed E-state index contributed by atoms with van der Waals surface area (Å²) in [4.78, 5) is 25.3. The van der Waals surface area contributed by atoms with Crippen LogP contribution in [-0.4, -0.2) is 73.5 Å². The number of carboxylic acid groups (broad SMARTS) is 1. The van der Waals surface area contributed by atoms with Gasteiger partial charge < -0.3 is 24.8 Å². The zero-order chi connectivity index (χ0) is 14.7. The highest BCUT2D eigenvalue weighted by Crippen LogP contribution is 2.25. The lowest BCUT2D eigenvalue weighted by Crippen LogP contribution is -2.49. The maximum atomic E-state index is 12.6. The van der Waals surface area contributed by atoms with E-state index < -0.39 is 12.0 Å². The summed E-state index contributed by atoms with van der Waals surface area (Å²) in [6.07, 6.45) is 0.136. The number of carbonyl (C=O) groups excluding carboxylic acids is 1. The molecule has 4 atom stereocenters. The van der Waals surface area contributed by atoms with E-state index in [9.17, 15) is 14.7 Å². The predicted molar refractivity (Wildman–Crippen MR) is 70.3 cm³/mol. The number of carbonyl (C=O) groups is 2. The molecule has 2 saturated heterocycles. The van der Waals surface area contributed by atoms with Crippen LogP contribution < -0.4 is 5.32 Å². The van der Waals surface area contributed by atoms with Crippen molar-refractivity contribution < 1.29 is 24.2 Å². The van der Waals surface area contributed by atoms with Crippen LogP contribution in [0.15, 0.2) is 0 Å². The fourth-order valence-corrected chi connectivity index (χ4v) is 2.92. The minimum atomic E-state index is -0.975. The number of ether oxygens (including phenoxy) is 2. The molecule has 0 spiro atoms. The third-order valence-corrected chi connectivity index (χ3v) is 4.03. The van der Waals surface area contributed by atoms with E-state index in [-0.39, 0.29) is 24.0 Å². The third-order valence-electron chi connectivity index (χ3n) is 4.03. The normalized spacial score (nSPS) is 33.6. The van der Waals surface area contributed by atoms with Crippen molar-refractivity contribution in [1.82, 2.24) is 10.2 Å². The molecule has 2 aliphatic rings. The first-order valence-corrected chi connectivity index (χ1v) is 6.95. The van der Waals surface area contributed by atoms with Gasteiger partial charge in [0.2, 0.25) is 5.91 Å². The van der Waals surface area contributed by atoms with Gasteiger partial charge in [0, 0.05) is 26.1 Å². The Labute approximate surface area is 118 Å². The largest absolute Gasteiger partial charge is 0.480 e. The lowest BCUT2D eigenvalue weighted by Gasteiger charge is -2.26. The van der Waals surface area contributed by atoms with E-state index in [0.29, 0.717) is 26.2 Å². The van der Waals surface area contributed by atoms with E-state index in [1.54, 1.807) is 0 Å². The van der Waals surface area contributed by atoms with Crippen LogP contribution in [0, 0.1) is 5.92 Å². The standard InChI is InChI=1S/C13H22N2O5/c1-3-14-10-7-20-6-9(10)12(16)15-5-8(19-2)4-11(15)13(17)18/h8-11,14H,3-7H2,1-2H3,(H,17,18). The molecule has 7 heteroatoms. The zero-order valence-electron chi connectivity index (χ0n) is 11.9. The van der Waals surface area contributed by atoms with Crippen molar-refractivity contribution in [2.75, 3.05) is 33.4 Å². The number of likely N-dealkylation sites (N-methyl/N-ethyl adjacent to an activating group) is 1. The van der Waals surface area contributed by atoms with Gasteiger partial charge in [-0.25, -0.2) is 4.79 Å². The fraction of sp³-hybridized carbons (Fsp3) is 0.846. The number of hydrogen-bond donors (Lipinski definition) is 2. The lowest BCUT2D eigenvalue weighted by atomic mass is 10.0. The Bertz CT molecular complexity index is 376. The van der Waals surface area contributed by atoms with Gasteiger partial charge in [0.1, 0.15) is 6.04 Å². The minimum absolute atomic E-state index is 0.0384. The van der Waals surface area contributed by atoms with Crippen molar-refractivity contribution in [3.63, 3.8) is 0 Å². The van der Waals surface area contributed by atoms with Crippen LogP contribution in [0.3, 0.4) is 0 Å². The molecule has 20 heavy (non-hydrogen) atoms. The van der Waals surface area contributed by atoms with Gasteiger partial charge in [-0.3, -0.25) is 4.79 Å². The zero-order valence-corrected chi connectivity index (χ0v) is 11.9. The van der Waals surface area contributed by atoms with Gasteiger partial charge in [-0.1, -0.05) is 6.92 Å². The summed E-state index contributed by atoms with van der Waals surface area (Å²) in [5.41, 5.74) is 0. The van der Waals surface area contributed by atoms with Gasteiger partial charge in [0.05, 0.1) is 25.2 Å². The summed E-state index contributed by atoms with van der Waals surface area (Å²) in [5.74, 6) is -1.44. The molecule has 4 unspecified atom stereocenters. The van der Waals surface area contributed by atoms with Gasteiger partial charge in [-0.2, -0.15) is 0 Å². The quantitative estimate of drug-likeness (QED) is 0.695. The van der Waals surface area contributed by atoms with E-state index in [1.807, 2.05) is 6.92 Å². The Hall–Kier alpha value is -1.18. The van der Waals surface area contributed by atoms with Crippen molar-refractivity contribution in [3.05, 3.63) is 0 Å². The van der Waals surface area contributed by atoms with Crippen LogP contribution in [0.4, 0.5) is 0 Å². The van der Waals surface area contributed by atoms with Gasteiger partial charge in [-0.15, -0.1) is 0 Å². The van der Waals surface area contributed by atoms with Crippen molar-refractivity contribution in [2.45, 2.75) is 31.5 Å². The summed E-state index contributed by atoms with van der Waals surface area (Å²) in [6, 6.07) is -0.834. The monoisotopic (exact) mass is 286 g/mol. The van der Waals surface area contributed by atoms with Crippen molar-refractivity contribution in [2.24, 2.45) is 5.92 Å². The van der Waals surface area contributed by atoms with E-state index in [2.05, 4.69) is 5.32 Å². The molecule has 0 bridgehead atoms. The summed E-state index contributed by atoms with van der Waals surface area (Å²) in [7, 11) is 1.54. The number of rotatable bonds is 5. The Balaban J connectivity index is 2.08. The second-order valence-electron chi connectivity index (χ2n) is 5.25. The highest BCUT2D eigenvalue weighted by atomic mass is 16.5. The van der Waals surface area contributed by atoms with Gasteiger partial charge in [0.15, 0.2) is 0 Å². The van der Waals surface area contributed by atoms with Crippen LogP contribution in [0.2, 0.25) is 0 Å². The maximum absolute atomic E-state index is 12.6. The van der Waals surface area contributed by atoms with Gasteiger partial charge in [-0.05, 0) is 6.54 Å². The predicted octanol–water partition coefficient (Wildman–Crippen LogP) is -0.689. The van der Waals surface area contributed by atoms with Crippen molar-refractivity contribution >= 4 is 11.9 Å². The van der Waals surface area contributed by atoms with E-state index in [0.717, 1.165) is 6.54 Å². The molecule has 0 radical (unpaired) electrons. The number of likely N-dealkylation sites (tertiary alicyclic amines) is 1.